The molecule has 116 valence electrons. The van der Waals surface area contributed by atoms with Gasteiger partial charge in [-0.1, -0.05) is 0 Å². The molecule has 1 fully saturated rings. The number of ether oxygens (including phenoxy) is 1. The molecule has 3 rings (SSSR count). The molecular formula is C16H21N5O. The van der Waals surface area contributed by atoms with Gasteiger partial charge < -0.3 is 4.74 Å². The second-order valence-corrected chi connectivity index (χ2v) is 5.57. The van der Waals surface area contributed by atoms with E-state index in [1.54, 1.807) is 12.4 Å². The van der Waals surface area contributed by atoms with Crippen LogP contribution in [-0.4, -0.2) is 50.6 Å². The monoisotopic (exact) mass is 299 g/mol. The van der Waals surface area contributed by atoms with Crippen molar-refractivity contribution in [2.24, 2.45) is 0 Å². The average Bonchev–Trinajstić information content (AvgIpc) is 2.57. The predicted octanol–water partition coefficient (Wildman–Crippen LogP) is 1.41. The van der Waals surface area contributed by atoms with Crippen molar-refractivity contribution >= 4 is 0 Å². The van der Waals surface area contributed by atoms with Crippen molar-refractivity contribution in [2.45, 2.75) is 32.4 Å². The first-order valence-corrected chi connectivity index (χ1v) is 7.65. The van der Waals surface area contributed by atoms with Gasteiger partial charge in [0.2, 0.25) is 0 Å². The van der Waals surface area contributed by atoms with Crippen molar-refractivity contribution in [3.63, 3.8) is 0 Å². The van der Waals surface area contributed by atoms with Gasteiger partial charge in [-0.05, 0) is 19.8 Å². The van der Waals surface area contributed by atoms with Crippen LogP contribution < -0.4 is 0 Å². The average molecular weight is 299 g/mol. The minimum absolute atomic E-state index is 0.400. The lowest BCUT2D eigenvalue weighted by Crippen LogP contribution is -2.45. The minimum atomic E-state index is 0.400. The smallest absolute Gasteiger partial charge is 0.125 e. The Hall–Kier alpha value is -1.92. The number of morpholine rings is 1. The molecule has 3 heterocycles. The molecule has 1 aliphatic heterocycles. The SMILES string of the molecule is Cc1ncc(CN2CCOCC2CCc2cnccn2)cn1. The van der Waals surface area contributed by atoms with E-state index < -0.39 is 0 Å². The number of aryl methyl sites for hydroxylation is 2. The quantitative estimate of drug-likeness (QED) is 0.832. The first-order chi connectivity index (χ1) is 10.8. The predicted molar refractivity (Wildman–Crippen MR) is 82.1 cm³/mol. The van der Waals surface area contributed by atoms with Gasteiger partial charge in [-0.15, -0.1) is 0 Å². The molecule has 2 aromatic rings. The lowest BCUT2D eigenvalue weighted by molar-refractivity contribution is -0.0145. The molecule has 0 bridgehead atoms. The standard InChI is InChI=1S/C16H21N5O/c1-13-19-8-14(9-20-13)11-21-6-7-22-12-16(21)3-2-15-10-17-4-5-18-15/h4-5,8-10,16H,2-3,6-7,11-12H2,1H3. The van der Waals surface area contributed by atoms with Gasteiger partial charge in [0.1, 0.15) is 5.82 Å². The molecular weight excluding hydrogens is 278 g/mol. The summed E-state index contributed by atoms with van der Waals surface area (Å²) in [5.74, 6) is 0.810. The van der Waals surface area contributed by atoms with Gasteiger partial charge in [0.05, 0.1) is 18.9 Å². The molecule has 2 aromatic heterocycles. The fourth-order valence-corrected chi connectivity index (χ4v) is 2.67. The van der Waals surface area contributed by atoms with Gasteiger partial charge in [-0.3, -0.25) is 14.9 Å². The highest BCUT2D eigenvalue weighted by molar-refractivity contribution is 5.05. The van der Waals surface area contributed by atoms with E-state index in [1.165, 1.54) is 0 Å². The molecule has 0 aromatic carbocycles. The van der Waals surface area contributed by atoms with E-state index in [4.69, 9.17) is 4.74 Å². The Bertz CT molecular complexity index is 575. The third kappa shape index (κ3) is 4.05. The van der Waals surface area contributed by atoms with Crippen LogP contribution in [0.25, 0.3) is 0 Å². The Labute approximate surface area is 130 Å². The second kappa shape index (κ2) is 7.38. The van der Waals surface area contributed by atoms with Crippen molar-refractivity contribution in [3.8, 4) is 0 Å². The van der Waals surface area contributed by atoms with E-state index in [2.05, 4.69) is 24.8 Å². The Morgan fingerprint density at radius 1 is 1.18 bits per heavy atom. The second-order valence-electron chi connectivity index (χ2n) is 5.57. The Balaban J connectivity index is 1.59. The zero-order chi connectivity index (χ0) is 15.2. The van der Waals surface area contributed by atoms with Crippen LogP contribution in [0.15, 0.2) is 31.0 Å². The van der Waals surface area contributed by atoms with Crippen LogP contribution in [0.4, 0.5) is 0 Å². The lowest BCUT2D eigenvalue weighted by atomic mass is 10.1. The van der Waals surface area contributed by atoms with Crippen molar-refractivity contribution in [2.75, 3.05) is 19.8 Å². The summed E-state index contributed by atoms with van der Waals surface area (Å²) in [6.07, 6.45) is 11.1. The normalized spacial score (nSPS) is 19.2. The topological polar surface area (TPSA) is 64.0 Å². The van der Waals surface area contributed by atoms with Gasteiger partial charge in [-0.25, -0.2) is 9.97 Å². The van der Waals surface area contributed by atoms with E-state index in [9.17, 15) is 0 Å². The molecule has 0 amide bonds. The van der Waals surface area contributed by atoms with Crippen molar-refractivity contribution in [3.05, 3.63) is 48.1 Å². The van der Waals surface area contributed by atoms with E-state index in [1.807, 2.05) is 25.5 Å². The first-order valence-electron chi connectivity index (χ1n) is 7.65. The summed E-state index contributed by atoms with van der Waals surface area (Å²) >= 11 is 0. The van der Waals surface area contributed by atoms with Crippen LogP contribution in [0, 0.1) is 6.92 Å². The maximum absolute atomic E-state index is 5.65. The summed E-state index contributed by atoms with van der Waals surface area (Å²) in [6.45, 7) is 5.28. The molecule has 0 spiro atoms. The maximum Gasteiger partial charge on any atom is 0.125 e. The summed E-state index contributed by atoms with van der Waals surface area (Å²) in [6, 6.07) is 0.400. The van der Waals surface area contributed by atoms with E-state index in [0.29, 0.717) is 6.04 Å². The molecule has 6 heteroatoms. The van der Waals surface area contributed by atoms with Gasteiger partial charge in [0.25, 0.3) is 0 Å². The Morgan fingerprint density at radius 3 is 2.82 bits per heavy atom. The van der Waals surface area contributed by atoms with E-state index in [-0.39, 0.29) is 0 Å². The molecule has 1 atom stereocenters. The summed E-state index contributed by atoms with van der Waals surface area (Å²) in [5, 5.41) is 0. The number of aromatic nitrogens is 4. The highest BCUT2D eigenvalue weighted by Crippen LogP contribution is 2.16. The fourth-order valence-electron chi connectivity index (χ4n) is 2.67. The third-order valence-electron chi connectivity index (χ3n) is 3.92. The van der Waals surface area contributed by atoms with Crippen LogP contribution in [0.3, 0.4) is 0 Å². The molecule has 1 saturated heterocycles. The maximum atomic E-state index is 5.65. The molecule has 0 radical (unpaired) electrons. The lowest BCUT2D eigenvalue weighted by Gasteiger charge is -2.35. The fraction of sp³-hybridized carbons (Fsp3) is 0.500. The first kappa shape index (κ1) is 15.0. The zero-order valence-electron chi connectivity index (χ0n) is 12.9. The third-order valence-corrected chi connectivity index (χ3v) is 3.92. The number of rotatable bonds is 5. The van der Waals surface area contributed by atoms with Crippen molar-refractivity contribution < 1.29 is 4.74 Å². The summed E-state index contributed by atoms with van der Waals surface area (Å²) in [7, 11) is 0. The zero-order valence-corrected chi connectivity index (χ0v) is 12.9. The van der Waals surface area contributed by atoms with E-state index in [0.717, 1.165) is 56.2 Å². The molecule has 1 aliphatic rings. The van der Waals surface area contributed by atoms with Crippen molar-refractivity contribution in [1.29, 1.82) is 0 Å². The van der Waals surface area contributed by atoms with Crippen molar-refractivity contribution in [1.82, 2.24) is 24.8 Å². The van der Waals surface area contributed by atoms with Crippen LogP contribution >= 0.6 is 0 Å². The molecule has 0 saturated carbocycles. The largest absolute Gasteiger partial charge is 0.378 e. The van der Waals surface area contributed by atoms with Gasteiger partial charge in [-0.2, -0.15) is 0 Å². The number of hydrogen-bond acceptors (Lipinski definition) is 6. The van der Waals surface area contributed by atoms with Crippen LogP contribution in [-0.2, 0) is 17.7 Å². The minimum Gasteiger partial charge on any atom is -0.378 e. The van der Waals surface area contributed by atoms with E-state index >= 15 is 0 Å². The highest BCUT2D eigenvalue weighted by Gasteiger charge is 2.23. The Morgan fingerprint density at radius 2 is 2.05 bits per heavy atom. The molecule has 22 heavy (non-hydrogen) atoms. The molecule has 0 N–H and O–H groups in total. The van der Waals surface area contributed by atoms with Gasteiger partial charge >= 0.3 is 0 Å². The number of nitrogens with zero attached hydrogens (tertiary/aromatic N) is 5. The van der Waals surface area contributed by atoms with Crippen LogP contribution in [0.5, 0.6) is 0 Å². The van der Waals surface area contributed by atoms with Gasteiger partial charge in [0, 0.05) is 55.7 Å². The Kier molecular flexibility index (Phi) is 5.03. The molecule has 6 nitrogen and oxygen atoms in total. The summed E-state index contributed by atoms with van der Waals surface area (Å²) < 4.78 is 5.65. The van der Waals surface area contributed by atoms with Crippen LogP contribution in [0.2, 0.25) is 0 Å². The molecule has 0 aliphatic carbocycles. The van der Waals surface area contributed by atoms with Crippen LogP contribution in [0.1, 0.15) is 23.5 Å². The van der Waals surface area contributed by atoms with Gasteiger partial charge in [0.15, 0.2) is 0 Å². The summed E-state index contributed by atoms with van der Waals surface area (Å²) in [5.41, 5.74) is 2.18. The highest BCUT2D eigenvalue weighted by atomic mass is 16.5. The molecule has 1 unspecified atom stereocenters. The summed E-state index contributed by atoms with van der Waals surface area (Å²) in [4.78, 5) is 19.5. The number of hydrogen-bond donors (Lipinski definition) is 0.